The molecule has 21 heavy (non-hydrogen) atoms. The highest BCUT2D eigenvalue weighted by atomic mass is 19.4. The van der Waals surface area contributed by atoms with Gasteiger partial charge in [-0.15, -0.1) is 0 Å². The van der Waals surface area contributed by atoms with Gasteiger partial charge in [-0.05, 0) is 13.5 Å². The first kappa shape index (κ1) is 17.6. The zero-order chi connectivity index (χ0) is 16.0. The smallest absolute Gasteiger partial charge is 0.411 e. The summed E-state index contributed by atoms with van der Waals surface area (Å²) in [6.07, 6.45) is -4.43. The highest BCUT2D eigenvalue weighted by molar-refractivity contribution is 5.32. The molecule has 1 aromatic rings. The lowest BCUT2D eigenvalue weighted by molar-refractivity contribution is -0.174. The molecule has 0 aliphatic carbocycles. The van der Waals surface area contributed by atoms with E-state index in [0.717, 1.165) is 12.1 Å². The Morgan fingerprint density at radius 1 is 1.19 bits per heavy atom. The average Bonchev–Trinajstić information content (AvgIpc) is 2.39. The van der Waals surface area contributed by atoms with Crippen molar-refractivity contribution in [1.82, 2.24) is 5.32 Å². The third kappa shape index (κ3) is 5.47. The standard InChI is InChI=1S/C13H16F5NO2/c1-19-11(3-4-21-7-13(16,17)18)12-9(14)5-8(20-2)6-10(12)15/h5-6,11,19H,3-4,7H2,1-2H3. The second-order valence-electron chi connectivity index (χ2n) is 4.30. The first-order valence-electron chi connectivity index (χ1n) is 6.13. The number of halogens is 5. The summed E-state index contributed by atoms with van der Waals surface area (Å²) in [4.78, 5) is 0. The Morgan fingerprint density at radius 3 is 2.19 bits per heavy atom. The molecule has 0 amide bonds. The molecule has 0 spiro atoms. The maximum absolute atomic E-state index is 13.9. The van der Waals surface area contributed by atoms with Crippen molar-refractivity contribution in [3.63, 3.8) is 0 Å². The maximum atomic E-state index is 13.9. The molecule has 0 aromatic heterocycles. The minimum atomic E-state index is -4.42. The van der Waals surface area contributed by atoms with Gasteiger partial charge in [0, 0.05) is 30.3 Å². The molecule has 0 aliphatic heterocycles. The first-order chi connectivity index (χ1) is 9.78. The van der Waals surface area contributed by atoms with E-state index in [4.69, 9.17) is 4.74 Å². The molecule has 1 unspecified atom stereocenters. The Hall–Kier alpha value is -1.41. The van der Waals surface area contributed by atoms with Gasteiger partial charge < -0.3 is 14.8 Å². The molecule has 1 aromatic carbocycles. The van der Waals surface area contributed by atoms with E-state index >= 15 is 0 Å². The van der Waals surface area contributed by atoms with Gasteiger partial charge in [0.2, 0.25) is 0 Å². The van der Waals surface area contributed by atoms with Gasteiger partial charge in [-0.2, -0.15) is 13.2 Å². The van der Waals surface area contributed by atoms with Crippen molar-refractivity contribution >= 4 is 0 Å². The van der Waals surface area contributed by atoms with Crippen LogP contribution in [0.1, 0.15) is 18.0 Å². The van der Waals surface area contributed by atoms with Crippen LogP contribution in [0, 0.1) is 11.6 Å². The molecule has 0 bridgehead atoms. The average molecular weight is 313 g/mol. The van der Waals surface area contributed by atoms with E-state index in [2.05, 4.69) is 10.1 Å². The fourth-order valence-corrected chi connectivity index (χ4v) is 1.83. The third-order valence-electron chi connectivity index (χ3n) is 2.80. The van der Waals surface area contributed by atoms with Gasteiger partial charge in [-0.25, -0.2) is 8.78 Å². The first-order valence-corrected chi connectivity index (χ1v) is 6.13. The van der Waals surface area contributed by atoms with Crippen LogP contribution >= 0.6 is 0 Å². The van der Waals surface area contributed by atoms with E-state index in [-0.39, 0.29) is 24.3 Å². The van der Waals surface area contributed by atoms with E-state index in [9.17, 15) is 22.0 Å². The van der Waals surface area contributed by atoms with Crippen LogP contribution in [0.5, 0.6) is 5.75 Å². The number of methoxy groups -OCH3 is 1. The van der Waals surface area contributed by atoms with Gasteiger partial charge in [0.25, 0.3) is 0 Å². The summed E-state index contributed by atoms with van der Waals surface area (Å²) in [5.41, 5.74) is -0.256. The highest BCUT2D eigenvalue weighted by Crippen LogP contribution is 2.27. The lowest BCUT2D eigenvalue weighted by atomic mass is 10.0. The number of hydrogen-bond donors (Lipinski definition) is 1. The number of ether oxygens (including phenoxy) is 2. The Morgan fingerprint density at radius 2 is 1.76 bits per heavy atom. The summed E-state index contributed by atoms with van der Waals surface area (Å²) in [5.74, 6) is -1.64. The molecule has 0 radical (unpaired) electrons. The van der Waals surface area contributed by atoms with Crippen LogP contribution in [0.25, 0.3) is 0 Å². The highest BCUT2D eigenvalue weighted by Gasteiger charge is 2.27. The minimum Gasteiger partial charge on any atom is -0.497 e. The normalized spacial score (nSPS) is 13.3. The van der Waals surface area contributed by atoms with Crippen molar-refractivity contribution in [1.29, 1.82) is 0 Å². The van der Waals surface area contributed by atoms with Crippen LogP contribution in [0.4, 0.5) is 22.0 Å². The van der Waals surface area contributed by atoms with Crippen molar-refractivity contribution in [2.75, 3.05) is 27.4 Å². The molecule has 0 saturated carbocycles. The Balaban J connectivity index is 2.72. The fraction of sp³-hybridized carbons (Fsp3) is 0.538. The molecule has 0 aliphatic rings. The molecule has 0 heterocycles. The van der Waals surface area contributed by atoms with Gasteiger partial charge >= 0.3 is 6.18 Å². The monoisotopic (exact) mass is 313 g/mol. The molecule has 1 N–H and O–H groups in total. The van der Waals surface area contributed by atoms with Crippen molar-refractivity contribution < 1.29 is 31.4 Å². The quantitative estimate of drug-likeness (QED) is 0.619. The number of alkyl halides is 3. The topological polar surface area (TPSA) is 30.5 Å². The summed E-state index contributed by atoms with van der Waals surface area (Å²) in [5, 5.41) is 2.65. The zero-order valence-corrected chi connectivity index (χ0v) is 11.6. The molecular weight excluding hydrogens is 297 g/mol. The predicted molar refractivity (Wildman–Crippen MR) is 66.2 cm³/mol. The molecule has 0 fully saturated rings. The van der Waals surface area contributed by atoms with E-state index in [1.54, 1.807) is 0 Å². The molecule has 1 atom stereocenters. The maximum Gasteiger partial charge on any atom is 0.411 e. The lowest BCUT2D eigenvalue weighted by Crippen LogP contribution is -2.23. The predicted octanol–water partition coefficient (Wildman–Crippen LogP) is 3.20. The molecule has 0 saturated heterocycles. The van der Waals surface area contributed by atoms with Crippen molar-refractivity contribution in [3.05, 3.63) is 29.3 Å². The van der Waals surface area contributed by atoms with Crippen LogP contribution < -0.4 is 10.1 Å². The SMILES string of the molecule is CNC(CCOCC(F)(F)F)c1c(F)cc(OC)cc1F. The summed E-state index contributed by atoms with van der Waals surface area (Å²) < 4.78 is 72.6. The van der Waals surface area contributed by atoms with E-state index in [1.807, 2.05) is 0 Å². The van der Waals surface area contributed by atoms with E-state index in [0.29, 0.717) is 0 Å². The Kier molecular flexibility index (Phi) is 6.35. The molecule has 3 nitrogen and oxygen atoms in total. The minimum absolute atomic E-state index is 0.00719. The van der Waals surface area contributed by atoms with Crippen molar-refractivity contribution in [2.45, 2.75) is 18.6 Å². The number of benzene rings is 1. The Labute approximate surface area is 119 Å². The molecule has 8 heteroatoms. The third-order valence-corrected chi connectivity index (χ3v) is 2.80. The van der Waals surface area contributed by atoms with Gasteiger partial charge in [0.1, 0.15) is 24.0 Å². The second-order valence-corrected chi connectivity index (χ2v) is 4.30. The van der Waals surface area contributed by atoms with Crippen LogP contribution in [0.15, 0.2) is 12.1 Å². The summed E-state index contributed by atoms with van der Waals surface area (Å²) in [6.45, 7) is -1.67. The fourth-order valence-electron chi connectivity index (χ4n) is 1.83. The summed E-state index contributed by atoms with van der Waals surface area (Å²) in [6, 6.07) is 1.22. The zero-order valence-electron chi connectivity index (χ0n) is 11.6. The van der Waals surface area contributed by atoms with Crippen molar-refractivity contribution in [3.8, 4) is 5.75 Å². The van der Waals surface area contributed by atoms with Crippen LogP contribution in [-0.4, -0.2) is 33.5 Å². The largest absolute Gasteiger partial charge is 0.497 e. The van der Waals surface area contributed by atoms with E-state index in [1.165, 1.54) is 14.2 Å². The lowest BCUT2D eigenvalue weighted by Gasteiger charge is -2.19. The van der Waals surface area contributed by atoms with Gasteiger partial charge in [-0.1, -0.05) is 0 Å². The van der Waals surface area contributed by atoms with Crippen LogP contribution in [0.3, 0.4) is 0 Å². The summed E-state index contributed by atoms with van der Waals surface area (Å²) in [7, 11) is 2.73. The number of nitrogens with one attached hydrogen (secondary N) is 1. The molecule has 120 valence electrons. The van der Waals surface area contributed by atoms with E-state index < -0.39 is 30.5 Å². The van der Waals surface area contributed by atoms with Crippen LogP contribution in [-0.2, 0) is 4.74 Å². The number of hydrogen-bond acceptors (Lipinski definition) is 3. The van der Waals surface area contributed by atoms with Gasteiger partial charge in [0.15, 0.2) is 0 Å². The molecule has 1 rings (SSSR count). The van der Waals surface area contributed by atoms with Gasteiger partial charge in [-0.3, -0.25) is 0 Å². The van der Waals surface area contributed by atoms with Gasteiger partial charge in [0.05, 0.1) is 7.11 Å². The Bertz CT molecular complexity index is 441. The van der Waals surface area contributed by atoms with Crippen LogP contribution in [0.2, 0.25) is 0 Å². The number of rotatable bonds is 7. The summed E-state index contributed by atoms with van der Waals surface area (Å²) >= 11 is 0. The molecular formula is C13H16F5NO2. The van der Waals surface area contributed by atoms with Crippen molar-refractivity contribution in [2.24, 2.45) is 0 Å². The second kappa shape index (κ2) is 7.56.